The van der Waals surface area contributed by atoms with E-state index in [4.69, 9.17) is 0 Å². The largest absolute Gasteiger partial charge is 0.331 e. The highest BCUT2D eigenvalue weighted by Crippen LogP contribution is 2.27. The number of rotatable bonds is 5. The molecule has 3 nitrogen and oxygen atoms in total. The first-order valence-electron chi connectivity index (χ1n) is 8.24. The highest BCUT2D eigenvalue weighted by Gasteiger charge is 2.15. The Bertz CT molecular complexity index is 650. The van der Waals surface area contributed by atoms with Crippen molar-refractivity contribution >= 4 is 11.7 Å². The molecule has 0 radical (unpaired) electrons. The maximum atomic E-state index is 12.5. The third-order valence-corrected chi connectivity index (χ3v) is 4.08. The van der Waals surface area contributed by atoms with E-state index in [2.05, 4.69) is 37.5 Å². The molecule has 0 aliphatic heterocycles. The van der Waals surface area contributed by atoms with Crippen LogP contribution in [0.4, 0.5) is 10.5 Å². The van der Waals surface area contributed by atoms with Crippen LogP contribution < -0.4 is 10.6 Å². The minimum atomic E-state index is -0.156. The number of para-hydroxylation sites is 1. The van der Waals surface area contributed by atoms with E-state index in [-0.39, 0.29) is 12.1 Å². The fourth-order valence-electron chi connectivity index (χ4n) is 2.76. The quantitative estimate of drug-likeness (QED) is 0.763. The van der Waals surface area contributed by atoms with Gasteiger partial charge in [-0.1, -0.05) is 69.3 Å². The fraction of sp³-hybridized carbons (Fsp3) is 0.350. The second-order valence-corrected chi connectivity index (χ2v) is 6.16. The Morgan fingerprint density at radius 1 is 1.04 bits per heavy atom. The molecule has 1 unspecified atom stereocenters. The van der Waals surface area contributed by atoms with Crippen molar-refractivity contribution < 1.29 is 4.79 Å². The third kappa shape index (κ3) is 4.35. The topological polar surface area (TPSA) is 41.1 Å². The first kappa shape index (κ1) is 17.1. The molecule has 23 heavy (non-hydrogen) atoms. The van der Waals surface area contributed by atoms with Gasteiger partial charge in [-0.05, 0) is 36.0 Å². The minimum Gasteiger partial charge on any atom is -0.331 e. The molecular formula is C20H26N2O. The van der Waals surface area contributed by atoms with Gasteiger partial charge in [0, 0.05) is 5.69 Å². The molecule has 3 heteroatoms. The Labute approximate surface area is 139 Å². The Morgan fingerprint density at radius 3 is 2.35 bits per heavy atom. The summed E-state index contributed by atoms with van der Waals surface area (Å²) in [5.74, 6) is 0.362. The van der Waals surface area contributed by atoms with Gasteiger partial charge in [0.2, 0.25) is 0 Å². The molecule has 0 heterocycles. The minimum absolute atomic E-state index is 0.0164. The summed E-state index contributed by atoms with van der Waals surface area (Å²) in [6.45, 7) is 8.37. The maximum absolute atomic E-state index is 12.5. The summed E-state index contributed by atoms with van der Waals surface area (Å²) >= 11 is 0. The second-order valence-electron chi connectivity index (χ2n) is 6.16. The Kier molecular flexibility index (Phi) is 5.80. The van der Waals surface area contributed by atoms with Crippen molar-refractivity contribution in [3.63, 3.8) is 0 Å². The molecule has 2 amide bonds. The van der Waals surface area contributed by atoms with Crippen LogP contribution in [0.15, 0.2) is 48.5 Å². The average Bonchev–Trinajstić information content (AvgIpc) is 2.55. The summed E-state index contributed by atoms with van der Waals surface area (Å²) in [5.41, 5.74) is 4.29. The fourth-order valence-corrected chi connectivity index (χ4v) is 2.76. The number of benzene rings is 2. The summed E-state index contributed by atoms with van der Waals surface area (Å²) in [5, 5.41) is 6.12. The predicted molar refractivity (Wildman–Crippen MR) is 96.9 cm³/mol. The summed E-state index contributed by atoms with van der Waals surface area (Å²) in [4.78, 5) is 12.5. The average molecular weight is 310 g/mol. The van der Waals surface area contributed by atoms with Crippen molar-refractivity contribution in [2.45, 2.75) is 46.1 Å². The lowest BCUT2D eigenvalue weighted by molar-refractivity contribution is 0.248. The van der Waals surface area contributed by atoms with Crippen molar-refractivity contribution in [2.75, 3.05) is 5.32 Å². The van der Waals surface area contributed by atoms with Crippen molar-refractivity contribution in [1.29, 1.82) is 0 Å². The van der Waals surface area contributed by atoms with Gasteiger partial charge in [-0.15, -0.1) is 0 Å². The van der Waals surface area contributed by atoms with E-state index in [0.29, 0.717) is 5.92 Å². The normalized spacial score (nSPS) is 12.0. The number of nitrogens with one attached hydrogen (secondary N) is 2. The molecule has 122 valence electrons. The van der Waals surface area contributed by atoms with Crippen LogP contribution in [0.2, 0.25) is 0 Å². The first-order chi connectivity index (χ1) is 11.0. The lowest BCUT2D eigenvalue weighted by Crippen LogP contribution is -2.32. The molecule has 0 saturated heterocycles. The van der Waals surface area contributed by atoms with Crippen LogP contribution in [0.25, 0.3) is 0 Å². The van der Waals surface area contributed by atoms with E-state index in [9.17, 15) is 4.79 Å². The summed E-state index contributed by atoms with van der Waals surface area (Å²) in [7, 11) is 0. The standard InChI is InChI=1S/C20H26N2O/c1-5-18(16-11-7-6-8-12-16)21-20(23)22-19-15(4)10-9-13-17(19)14(2)3/h6-14,18H,5H2,1-4H3,(H2,21,22,23). The summed E-state index contributed by atoms with van der Waals surface area (Å²) in [6, 6.07) is 16.1. The number of aryl methyl sites for hydroxylation is 1. The summed E-state index contributed by atoms with van der Waals surface area (Å²) < 4.78 is 0. The third-order valence-electron chi connectivity index (χ3n) is 4.08. The molecule has 1 atom stereocenters. The van der Waals surface area contributed by atoms with Crippen LogP contribution in [0, 0.1) is 6.92 Å². The zero-order valence-electron chi connectivity index (χ0n) is 14.4. The van der Waals surface area contributed by atoms with Crippen molar-refractivity contribution in [1.82, 2.24) is 5.32 Å². The number of carbonyl (C=O) groups is 1. The van der Waals surface area contributed by atoms with Gasteiger partial charge in [-0.25, -0.2) is 4.79 Å². The molecule has 0 aliphatic carbocycles. The highest BCUT2D eigenvalue weighted by molar-refractivity contribution is 5.91. The van der Waals surface area contributed by atoms with Gasteiger partial charge in [0.05, 0.1) is 6.04 Å². The van der Waals surface area contributed by atoms with Gasteiger partial charge in [0.1, 0.15) is 0 Å². The van der Waals surface area contributed by atoms with Gasteiger partial charge < -0.3 is 10.6 Å². The van der Waals surface area contributed by atoms with Crippen LogP contribution in [0.5, 0.6) is 0 Å². The predicted octanol–water partition coefficient (Wildman–Crippen LogP) is 5.39. The van der Waals surface area contributed by atoms with Crippen LogP contribution in [0.1, 0.15) is 55.8 Å². The Morgan fingerprint density at radius 2 is 1.74 bits per heavy atom. The van der Waals surface area contributed by atoms with Crippen LogP contribution >= 0.6 is 0 Å². The molecule has 2 N–H and O–H groups in total. The zero-order valence-corrected chi connectivity index (χ0v) is 14.4. The molecule has 0 aliphatic rings. The van der Waals surface area contributed by atoms with Gasteiger partial charge in [-0.3, -0.25) is 0 Å². The van der Waals surface area contributed by atoms with Crippen molar-refractivity contribution in [2.24, 2.45) is 0 Å². The van der Waals surface area contributed by atoms with E-state index < -0.39 is 0 Å². The number of anilines is 1. The lowest BCUT2D eigenvalue weighted by Gasteiger charge is -2.20. The lowest BCUT2D eigenvalue weighted by atomic mass is 9.98. The molecular weight excluding hydrogens is 284 g/mol. The van der Waals surface area contributed by atoms with Crippen molar-refractivity contribution in [3.8, 4) is 0 Å². The highest BCUT2D eigenvalue weighted by atomic mass is 16.2. The number of hydrogen-bond donors (Lipinski definition) is 2. The summed E-state index contributed by atoms with van der Waals surface area (Å²) in [6.07, 6.45) is 0.849. The SMILES string of the molecule is CCC(NC(=O)Nc1c(C)cccc1C(C)C)c1ccccc1. The molecule has 2 aromatic carbocycles. The number of urea groups is 1. The Hall–Kier alpha value is -2.29. The van der Waals surface area contributed by atoms with Crippen LogP contribution in [-0.2, 0) is 0 Å². The van der Waals surface area contributed by atoms with Gasteiger partial charge >= 0.3 is 6.03 Å². The van der Waals surface area contributed by atoms with Gasteiger partial charge in [-0.2, -0.15) is 0 Å². The van der Waals surface area contributed by atoms with E-state index >= 15 is 0 Å². The monoisotopic (exact) mass is 310 g/mol. The van der Waals surface area contributed by atoms with E-state index in [1.54, 1.807) is 0 Å². The molecule has 0 spiro atoms. The molecule has 0 saturated carbocycles. The number of amides is 2. The van der Waals surface area contributed by atoms with Gasteiger partial charge in [0.25, 0.3) is 0 Å². The van der Waals surface area contributed by atoms with E-state index in [1.807, 2.05) is 49.4 Å². The molecule has 0 aromatic heterocycles. The smallest absolute Gasteiger partial charge is 0.319 e. The number of hydrogen-bond acceptors (Lipinski definition) is 1. The van der Waals surface area contributed by atoms with Gasteiger partial charge in [0.15, 0.2) is 0 Å². The first-order valence-corrected chi connectivity index (χ1v) is 8.24. The van der Waals surface area contributed by atoms with Crippen LogP contribution in [-0.4, -0.2) is 6.03 Å². The zero-order chi connectivity index (χ0) is 16.8. The van der Waals surface area contributed by atoms with Crippen molar-refractivity contribution in [3.05, 3.63) is 65.2 Å². The maximum Gasteiger partial charge on any atom is 0.319 e. The van der Waals surface area contributed by atoms with E-state index in [1.165, 1.54) is 0 Å². The molecule has 0 bridgehead atoms. The number of carbonyl (C=O) groups excluding carboxylic acids is 1. The van der Waals surface area contributed by atoms with Crippen LogP contribution in [0.3, 0.4) is 0 Å². The Balaban J connectivity index is 2.14. The molecule has 2 rings (SSSR count). The molecule has 0 fully saturated rings. The second kappa shape index (κ2) is 7.82. The van der Waals surface area contributed by atoms with E-state index in [0.717, 1.165) is 28.8 Å². The molecule has 2 aromatic rings.